The maximum atomic E-state index is 14.5. The number of pyridine rings is 1. The lowest BCUT2D eigenvalue weighted by Gasteiger charge is -2.32. The molecule has 2 aromatic carbocycles. The fourth-order valence-electron chi connectivity index (χ4n) is 4.44. The number of nitrogens with one attached hydrogen (secondary N) is 1. The fourth-order valence-corrected chi connectivity index (χ4v) is 4.44. The molecule has 2 aliphatic rings. The molecule has 15 heteroatoms. The van der Waals surface area contributed by atoms with Gasteiger partial charge < -0.3 is 30.4 Å². The third-order valence-corrected chi connectivity index (χ3v) is 7.16. The van der Waals surface area contributed by atoms with Crippen molar-refractivity contribution in [2.45, 2.75) is 42.4 Å². The molecule has 1 aromatic heterocycles. The number of alkyl halides is 6. The molecule has 3 aromatic rings. The molecule has 0 unspecified atom stereocenters. The van der Waals surface area contributed by atoms with Crippen LogP contribution in [-0.4, -0.2) is 54.7 Å². The second-order valence-electron chi connectivity index (χ2n) is 10.2. The van der Waals surface area contributed by atoms with Gasteiger partial charge in [0.25, 0.3) is 5.91 Å². The van der Waals surface area contributed by atoms with Crippen LogP contribution in [0.15, 0.2) is 48.5 Å². The number of carbonyl (C=O) groups is 1. The van der Waals surface area contributed by atoms with E-state index in [1.165, 1.54) is 25.3 Å². The van der Waals surface area contributed by atoms with E-state index in [0.717, 1.165) is 37.1 Å². The number of carbonyl (C=O) groups excluding carboxylic acids is 1. The molecule has 230 valence electrons. The molecule has 1 amide bonds. The Hall–Kier alpha value is -4.11. The first-order chi connectivity index (χ1) is 20.1. The first-order valence-electron chi connectivity index (χ1n) is 12.8. The third-order valence-electron chi connectivity index (χ3n) is 7.16. The predicted octanol–water partition coefficient (Wildman–Crippen LogP) is 4.73. The van der Waals surface area contributed by atoms with E-state index in [9.17, 15) is 40.6 Å². The summed E-state index contributed by atoms with van der Waals surface area (Å²) in [6, 6.07) is 8.20. The highest BCUT2D eigenvalue weighted by Crippen LogP contribution is 2.51. The number of hydrogen-bond donors (Lipinski definition) is 3. The summed E-state index contributed by atoms with van der Waals surface area (Å²) in [5.74, 6) is -1.92. The van der Waals surface area contributed by atoms with Gasteiger partial charge in [0.05, 0.1) is 25.5 Å². The topological polar surface area (TPSA) is 116 Å². The maximum absolute atomic E-state index is 14.5. The van der Waals surface area contributed by atoms with Crippen molar-refractivity contribution >= 4 is 5.91 Å². The average molecular weight is 616 g/mol. The van der Waals surface area contributed by atoms with Crippen LogP contribution in [0.25, 0.3) is 11.3 Å². The Bertz CT molecular complexity index is 1540. The summed E-state index contributed by atoms with van der Waals surface area (Å²) in [6.45, 7) is -2.73. The Labute approximate surface area is 239 Å². The van der Waals surface area contributed by atoms with Crippen LogP contribution >= 0.6 is 0 Å². The number of nitrogens with two attached hydrogens (primary N) is 1. The molecule has 5 rings (SSSR count). The van der Waals surface area contributed by atoms with E-state index in [-0.39, 0.29) is 23.0 Å². The van der Waals surface area contributed by atoms with Crippen molar-refractivity contribution in [2.24, 2.45) is 5.73 Å². The van der Waals surface area contributed by atoms with Crippen molar-refractivity contribution in [3.05, 3.63) is 71.2 Å². The Balaban J connectivity index is 1.54. The molecular weight excluding hydrogens is 591 g/mol. The van der Waals surface area contributed by atoms with Gasteiger partial charge in [0.15, 0.2) is 22.8 Å². The summed E-state index contributed by atoms with van der Waals surface area (Å²) in [6.07, 6.45) is -9.08. The Morgan fingerprint density at radius 3 is 2.35 bits per heavy atom. The number of hydrogen-bond acceptors (Lipinski definition) is 7. The highest BCUT2D eigenvalue weighted by atomic mass is 19.4. The SMILES string of the molecule is COc1cc(C(=O)NC[C@@](O)(c2cc3c(c(-c4ccc(F)cc4)n2)OC[C@@]3(N)C(F)(F)F)C(F)(F)F)ccc1OC1CC1. The standard InChI is InChI=1S/C28H24F7N3O5/c1-41-20-10-15(4-9-19(20)43-17-7-8-17)24(39)37-12-26(40,28(33,34)35)21-11-18-23(42-13-25(18,36)27(30,31)32)22(38-21)14-2-5-16(29)6-3-14/h2-6,9-11,17,40H,7-8,12-13,36H2,1H3,(H,37,39)/t25-,26+/m0/s1. The zero-order chi connectivity index (χ0) is 31.4. The van der Waals surface area contributed by atoms with Crippen LogP contribution in [0.1, 0.15) is 34.5 Å². The Morgan fingerprint density at radius 1 is 1.09 bits per heavy atom. The highest BCUT2D eigenvalue weighted by Gasteiger charge is 2.61. The van der Waals surface area contributed by atoms with E-state index >= 15 is 0 Å². The van der Waals surface area contributed by atoms with E-state index < -0.39 is 71.1 Å². The van der Waals surface area contributed by atoms with Crippen LogP contribution in [0.3, 0.4) is 0 Å². The van der Waals surface area contributed by atoms with E-state index in [4.69, 9.17) is 19.9 Å². The van der Waals surface area contributed by atoms with Crippen molar-refractivity contribution in [3.8, 4) is 28.5 Å². The molecule has 1 aliphatic carbocycles. The molecule has 0 spiro atoms. The van der Waals surface area contributed by atoms with Gasteiger partial charge in [-0.25, -0.2) is 9.37 Å². The number of nitrogens with zero attached hydrogens (tertiary/aromatic N) is 1. The monoisotopic (exact) mass is 615 g/mol. The molecular formula is C28H24F7N3O5. The summed E-state index contributed by atoms with van der Waals surface area (Å²) in [5, 5.41) is 13.0. The predicted molar refractivity (Wildman–Crippen MR) is 136 cm³/mol. The number of methoxy groups -OCH3 is 1. The second kappa shape index (κ2) is 10.6. The number of halogens is 7. The fraction of sp³-hybridized carbons (Fsp3) is 0.357. The van der Waals surface area contributed by atoms with Gasteiger partial charge in [-0.2, -0.15) is 26.3 Å². The average Bonchev–Trinajstić information content (AvgIpc) is 3.70. The van der Waals surface area contributed by atoms with Crippen LogP contribution in [0.5, 0.6) is 17.2 Å². The highest BCUT2D eigenvalue weighted by molar-refractivity contribution is 5.95. The lowest BCUT2D eigenvalue weighted by molar-refractivity contribution is -0.265. The van der Waals surface area contributed by atoms with Gasteiger partial charge in [-0.3, -0.25) is 4.79 Å². The largest absolute Gasteiger partial charge is 0.493 e. The quantitative estimate of drug-likeness (QED) is 0.314. The summed E-state index contributed by atoms with van der Waals surface area (Å²) in [5.41, 5.74) is -4.66. The van der Waals surface area contributed by atoms with Crippen molar-refractivity contribution in [2.75, 3.05) is 20.3 Å². The summed E-state index contributed by atoms with van der Waals surface area (Å²) in [4.78, 5) is 16.7. The van der Waals surface area contributed by atoms with E-state index in [1.54, 1.807) is 0 Å². The lowest BCUT2D eigenvalue weighted by atomic mass is 9.87. The third kappa shape index (κ3) is 5.54. The zero-order valence-corrected chi connectivity index (χ0v) is 22.3. The molecule has 4 N–H and O–H groups in total. The normalized spacial score (nSPS) is 19.7. The molecule has 0 saturated heterocycles. The van der Waals surface area contributed by atoms with Gasteiger partial charge in [-0.1, -0.05) is 0 Å². The Kier molecular flexibility index (Phi) is 7.45. The van der Waals surface area contributed by atoms with E-state index in [0.29, 0.717) is 11.8 Å². The Morgan fingerprint density at radius 2 is 1.77 bits per heavy atom. The first kappa shape index (κ1) is 30.4. The number of aromatic nitrogens is 1. The first-order valence-corrected chi connectivity index (χ1v) is 12.8. The summed E-state index contributed by atoms with van der Waals surface area (Å²) < 4.78 is 115. The second-order valence-corrected chi connectivity index (χ2v) is 10.2. The minimum atomic E-state index is -5.56. The van der Waals surface area contributed by atoms with Crippen LogP contribution in [-0.2, 0) is 11.1 Å². The number of aliphatic hydroxyl groups is 1. The van der Waals surface area contributed by atoms with Crippen LogP contribution in [0.4, 0.5) is 30.7 Å². The van der Waals surface area contributed by atoms with Gasteiger partial charge in [0.1, 0.15) is 18.1 Å². The van der Waals surface area contributed by atoms with Gasteiger partial charge in [-0.15, -0.1) is 0 Å². The number of amides is 1. The van der Waals surface area contributed by atoms with Crippen LogP contribution in [0.2, 0.25) is 0 Å². The molecule has 1 aliphatic heterocycles. The van der Waals surface area contributed by atoms with Crippen molar-refractivity contribution < 1.29 is 54.8 Å². The molecule has 1 fully saturated rings. The summed E-state index contributed by atoms with van der Waals surface area (Å²) >= 11 is 0. The van der Waals surface area contributed by atoms with Crippen LogP contribution < -0.4 is 25.3 Å². The van der Waals surface area contributed by atoms with Crippen molar-refractivity contribution in [3.63, 3.8) is 0 Å². The van der Waals surface area contributed by atoms with E-state index in [2.05, 4.69) is 4.98 Å². The number of benzene rings is 2. The molecule has 2 heterocycles. The van der Waals surface area contributed by atoms with Crippen molar-refractivity contribution in [1.82, 2.24) is 10.3 Å². The van der Waals surface area contributed by atoms with E-state index in [1.807, 2.05) is 5.32 Å². The summed E-state index contributed by atoms with van der Waals surface area (Å²) in [7, 11) is 1.31. The smallest absolute Gasteiger partial charge is 0.424 e. The van der Waals surface area contributed by atoms with Gasteiger partial charge in [-0.05, 0) is 61.4 Å². The zero-order valence-electron chi connectivity index (χ0n) is 22.3. The minimum absolute atomic E-state index is 0.00927. The van der Waals surface area contributed by atoms with Gasteiger partial charge in [0, 0.05) is 16.7 Å². The maximum Gasteiger partial charge on any atom is 0.424 e. The molecule has 1 saturated carbocycles. The van der Waals surface area contributed by atoms with Gasteiger partial charge in [0.2, 0.25) is 5.60 Å². The van der Waals surface area contributed by atoms with Crippen LogP contribution in [0, 0.1) is 5.82 Å². The molecule has 43 heavy (non-hydrogen) atoms. The minimum Gasteiger partial charge on any atom is -0.493 e. The molecule has 0 radical (unpaired) electrons. The molecule has 8 nitrogen and oxygen atoms in total. The van der Waals surface area contributed by atoms with Crippen molar-refractivity contribution in [1.29, 1.82) is 0 Å². The number of rotatable bonds is 8. The number of ether oxygens (including phenoxy) is 3. The van der Waals surface area contributed by atoms with Gasteiger partial charge >= 0.3 is 12.4 Å². The number of fused-ring (bicyclic) bond motifs is 1. The lowest BCUT2D eigenvalue weighted by Crippen LogP contribution is -2.53. The molecule has 2 atom stereocenters. The molecule has 0 bridgehead atoms.